The Kier molecular flexibility index (Phi) is 8.25. The van der Waals surface area contributed by atoms with Gasteiger partial charge < -0.3 is 14.0 Å². The zero-order valence-electron chi connectivity index (χ0n) is 17.4. The monoisotopic (exact) mass is 440 g/mol. The second-order valence-corrected chi connectivity index (χ2v) is 9.91. The van der Waals surface area contributed by atoms with Gasteiger partial charge >= 0.3 is 0 Å². The number of benzene rings is 1. The SMILES string of the molecule is COCCOc1ccc(Cl)cc1C(=S)N=c1sc(C(C)(C)C)cn1CC(C)C. The lowest BCUT2D eigenvalue weighted by atomic mass is 9.95. The molecule has 1 heterocycles. The molecule has 0 N–H and O–H groups in total. The zero-order chi connectivity index (χ0) is 20.9. The molecule has 0 fully saturated rings. The highest BCUT2D eigenvalue weighted by Crippen LogP contribution is 2.26. The van der Waals surface area contributed by atoms with Crippen LogP contribution in [0.15, 0.2) is 29.4 Å². The van der Waals surface area contributed by atoms with E-state index in [1.165, 1.54) is 4.88 Å². The molecule has 0 aliphatic heterocycles. The minimum atomic E-state index is 0.0588. The number of hydrogen-bond acceptors (Lipinski definition) is 4. The van der Waals surface area contributed by atoms with Crippen LogP contribution in [0.1, 0.15) is 45.1 Å². The fraction of sp³-hybridized carbons (Fsp3) is 0.524. The first-order valence-corrected chi connectivity index (χ1v) is 10.9. The van der Waals surface area contributed by atoms with Crippen LogP contribution in [0.25, 0.3) is 0 Å². The van der Waals surface area contributed by atoms with Crippen molar-refractivity contribution < 1.29 is 9.47 Å². The lowest BCUT2D eigenvalue weighted by molar-refractivity contribution is 0.146. The van der Waals surface area contributed by atoms with Crippen LogP contribution < -0.4 is 9.54 Å². The summed E-state index contributed by atoms with van der Waals surface area (Å²) in [5.41, 5.74) is 0.781. The average molecular weight is 441 g/mol. The predicted molar refractivity (Wildman–Crippen MR) is 122 cm³/mol. The number of halogens is 1. The lowest BCUT2D eigenvalue weighted by Crippen LogP contribution is -2.19. The number of aromatic nitrogens is 1. The number of methoxy groups -OCH3 is 1. The van der Waals surface area contributed by atoms with Gasteiger partial charge in [0.05, 0.1) is 12.2 Å². The molecule has 0 saturated heterocycles. The number of thiazole rings is 1. The lowest BCUT2D eigenvalue weighted by Gasteiger charge is -2.14. The molecule has 4 nitrogen and oxygen atoms in total. The first-order valence-electron chi connectivity index (χ1n) is 9.33. The standard InChI is InChI=1S/C21H29ClN2O2S2/c1-14(2)12-24-13-18(21(3,4)5)28-20(24)23-19(27)16-11-15(22)7-8-17(16)26-10-9-25-6/h7-8,11,13-14H,9-10,12H2,1-6H3. The zero-order valence-corrected chi connectivity index (χ0v) is 19.8. The molecule has 0 unspecified atom stereocenters. The highest BCUT2D eigenvalue weighted by molar-refractivity contribution is 7.80. The number of thiocarbonyl (C=S) groups is 1. The van der Waals surface area contributed by atoms with Crippen LogP contribution in [0.2, 0.25) is 5.02 Å². The van der Waals surface area contributed by atoms with Crippen molar-refractivity contribution in [1.82, 2.24) is 4.57 Å². The third kappa shape index (κ3) is 6.41. The predicted octanol–water partition coefficient (Wildman–Crippen LogP) is 5.46. The Bertz CT molecular complexity index is 879. The first kappa shape index (κ1) is 23.1. The maximum Gasteiger partial charge on any atom is 0.191 e. The smallest absolute Gasteiger partial charge is 0.191 e. The Labute approximate surface area is 182 Å². The van der Waals surface area contributed by atoms with Gasteiger partial charge in [-0.1, -0.05) is 58.4 Å². The van der Waals surface area contributed by atoms with Crippen molar-refractivity contribution in [3.05, 3.63) is 44.7 Å². The molecule has 154 valence electrons. The largest absolute Gasteiger partial charge is 0.490 e. The minimum absolute atomic E-state index is 0.0588. The van der Waals surface area contributed by atoms with E-state index in [0.29, 0.717) is 34.9 Å². The fourth-order valence-electron chi connectivity index (χ4n) is 2.52. The molecule has 0 aliphatic carbocycles. The van der Waals surface area contributed by atoms with Gasteiger partial charge in [-0.25, -0.2) is 4.99 Å². The molecule has 0 saturated carbocycles. The van der Waals surface area contributed by atoms with E-state index in [1.807, 2.05) is 6.07 Å². The Balaban J connectivity index is 2.46. The quantitative estimate of drug-likeness (QED) is 0.423. The van der Waals surface area contributed by atoms with Crippen LogP contribution in [-0.4, -0.2) is 29.9 Å². The highest BCUT2D eigenvalue weighted by atomic mass is 35.5. The van der Waals surface area contributed by atoms with Crippen molar-refractivity contribution in [1.29, 1.82) is 0 Å². The summed E-state index contributed by atoms with van der Waals surface area (Å²) >= 11 is 13.5. The normalized spacial score (nSPS) is 12.6. The van der Waals surface area contributed by atoms with Gasteiger partial charge in [0.15, 0.2) is 4.80 Å². The van der Waals surface area contributed by atoms with Crippen molar-refractivity contribution in [3.8, 4) is 5.75 Å². The van der Waals surface area contributed by atoms with Crippen molar-refractivity contribution in [2.75, 3.05) is 20.3 Å². The molecule has 1 aromatic carbocycles. The molecule has 1 aromatic heterocycles. The Morgan fingerprint density at radius 2 is 2.00 bits per heavy atom. The van der Waals surface area contributed by atoms with Gasteiger partial charge in [0.25, 0.3) is 0 Å². The van der Waals surface area contributed by atoms with Gasteiger partial charge in [-0.05, 0) is 29.5 Å². The molecular formula is C21H29ClN2O2S2. The number of nitrogens with zero attached hydrogens (tertiary/aromatic N) is 2. The Morgan fingerprint density at radius 3 is 2.61 bits per heavy atom. The summed E-state index contributed by atoms with van der Waals surface area (Å²) in [7, 11) is 1.64. The van der Waals surface area contributed by atoms with Crippen LogP contribution in [0.4, 0.5) is 0 Å². The van der Waals surface area contributed by atoms with E-state index in [2.05, 4.69) is 45.4 Å². The van der Waals surface area contributed by atoms with Crippen LogP contribution >= 0.6 is 35.2 Å². The summed E-state index contributed by atoms with van der Waals surface area (Å²) in [5, 5.41) is 0.600. The summed E-state index contributed by atoms with van der Waals surface area (Å²) in [4.78, 5) is 7.43. The van der Waals surface area contributed by atoms with E-state index in [1.54, 1.807) is 30.6 Å². The molecule has 7 heteroatoms. The molecule has 2 rings (SSSR count). The van der Waals surface area contributed by atoms with E-state index >= 15 is 0 Å². The van der Waals surface area contributed by atoms with Crippen LogP contribution in [-0.2, 0) is 16.7 Å². The molecule has 0 radical (unpaired) electrons. The van der Waals surface area contributed by atoms with Gasteiger partial charge in [0, 0.05) is 29.8 Å². The molecule has 0 bridgehead atoms. The second-order valence-electron chi connectivity index (χ2n) is 8.07. The van der Waals surface area contributed by atoms with Gasteiger partial charge in [0.1, 0.15) is 17.3 Å². The summed E-state index contributed by atoms with van der Waals surface area (Å²) in [6, 6.07) is 5.42. The fourth-order valence-corrected chi connectivity index (χ4v) is 4.06. The molecule has 0 spiro atoms. The van der Waals surface area contributed by atoms with Crippen LogP contribution in [0, 0.1) is 5.92 Å². The summed E-state index contributed by atoms with van der Waals surface area (Å²) in [6.45, 7) is 12.8. The van der Waals surface area contributed by atoms with Crippen molar-refractivity contribution >= 4 is 40.1 Å². The van der Waals surface area contributed by atoms with Gasteiger partial charge in [-0.2, -0.15) is 0 Å². The van der Waals surface area contributed by atoms with Gasteiger partial charge in [0.2, 0.25) is 0 Å². The first-order chi connectivity index (χ1) is 13.1. The third-order valence-electron chi connectivity index (χ3n) is 3.94. The molecule has 2 aromatic rings. The third-order valence-corrected chi connectivity index (χ3v) is 5.93. The van der Waals surface area contributed by atoms with Crippen LogP contribution in [0.5, 0.6) is 5.75 Å². The van der Waals surface area contributed by atoms with Gasteiger partial charge in [-0.3, -0.25) is 0 Å². The molecule has 0 aliphatic rings. The van der Waals surface area contributed by atoms with E-state index in [9.17, 15) is 0 Å². The Morgan fingerprint density at radius 1 is 1.29 bits per heavy atom. The maximum atomic E-state index is 6.21. The molecular weight excluding hydrogens is 412 g/mol. The number of hydrogen-bond donors (Lipinski definition) is 0. The number of ether oxygens (including phenoxy) is 2. The summed E-state index contributed by atoms with van der Waals surface area (Å²) in [5.74, 6) is 1.17. The molecule has 0 amide bonds. The topological polar surface area (TPSA) is 35.8 Å². The molecule has 0 atom stereocenters. The highest BCUT2D eigenvalue weighted by Gasteiger charge is 2.18. The summed E-state index contributed by atoms with van der Waals surface area (Å²) < 4.78 is 13.1. The van der Waals surface area contributed by atoms with Crippen molar-refractivity contribution in [2.45, 2.75) is 46.6 Å². The number of rotatable bonds is 7. The van der Waals surface area contributed by atoms with E-state index < -0.39 is 0 Å². The second kappa shape index (κ2) is 10.0. The Hall–Kier alpha value is -1.21. The van der Waals surface area contributed by atoms with E-state index in [0.717, 1.165) is 16.9 Å². The van der Waals surface area contributed by atoms with Crippen molar-refractivity contribution in [2.24, 2.45) is 10.9 Å². The average Bonchev–Trinajstić information content (AvgIpc) is 2.98. The molecule has 28 heavy (non-hydrogen) atoms. The summed E-state index contributed by atoms with van der Waals surface area (Å²) in [6.07, 6.45) is 2.19. The van der Waals surface area contributed by atoms with Crippen molar-refractivity contribution in [3.63, 3.8) is 0 Å². The minimum Gasteiger partial charge on any atom is -0.490 e. The van der Waals surface area contributed by atoms with Crippen LogP contribution in [0.3, 0.4) is 0 Å². The maximum absolute atomic E-state index is 6.21. The van der Waals surface area contributed by atoms with Gasteiger partial charge in [-0.15, -0.1) is 11.3 Å². The van der Waals surface area contributed by atoms with E-state index in [4.69, 9.17) is 38.3 Å². The van der Waals surface area contributed by atoms with E-state index in [-0.39, 0.29) is 5.41 Å².